The number of rotatable bonds is 7. The highest BCUT2D eigenvalue weighted by molar-refractivity contribution is 5.90. The van der Waals surface area contributed by atoms with Crippen molar-refractivity contribution in [3.63, 3.8) is 0 Å². The van der Waals surface area contributed by atoms with Gasteiger partial charge in [0.05, 0.1) is 0 Å². The molecule has 0 heterocycles. The van der Waals surface area contributed by atoms with E-state index in [0.717, 1.165) is 0 Å². The minimum absolute atomic E-state index is 0.0498. The van der Waals surface area contributed by atoms with E-state index in [2.05, 4.69) is 10.6 Å². The smallest absolute Gasteiger partial charge is 0.261 e. The Bertz CT molecular complexity index is 660. The molecule has 25 heavy (non-hydrogen) atoms. The minimum Gasteiger partial charge on any atom is -0.372 e. The van der Waals surface area contributed by atoms with Gasteiger partial charge in [-0.1, -0.05) is 60.7 Å². The molecule has 0 aliphatic carbocycles. The molecule has 0 aliphatic heterocycles. The van der Waals surface area contributed by atoms with E-state index in [-0.39, 0.29) is 24.9 Å². The summed E-state index contributed by atoms with van der Waals surface area (Å²) in [6.45, 7) is 3.90. The van der Waals surface area contributed by atoms with Crippen molar-refractivity contribution in [1.29, 1.82) is 0 Å². The van der Waals surface area contributed by atoms with Gasteiger partial charge in [-0.3, -0.25) is 9.59 Å². The van der Waals surface area contributed by atoms with E-state index in [1.165, 1.54) is 0 Å². The van der Waals surface area contributed by atoms with Gasteiger partial charge in [-0.2, -0.15) is 0 Å². The zero-order valence-electron chi connectivity index (χ0n) is 14.5. The number of hydrogen-bond acceptors (Lipinski definition) is 3. The Morgan fingerprint density at radius 3 is 1.88 bits per heavy atom. The molecule has 5 heteroatoms. The van der Waals surface area contributed by atoms with E-state index in [4.69, 9.17) is 0 Å². The van der Waals surface area contributed by atoms with Crippen LogP contribution in [-0.4, -0.2) is 29.5 Å². The van der Waals surface area contributed by atoms with Crippen molar-refractivity contribution in [2.75, 3.05) is 6.54 Å². The molecule has 0 aliphatic rings. The molecule has 2 aromatic carbocycles. The Hall–Kier alpha value is -2.66. The molecule has 0 spiro atoms. The summed E-state index contributed by atoms with van der Waals surface area (Å²) in [6.07, 6.45) is 0.156. The van der Waals surface area contributed by atoms with E-state index in [0.29, 0.717) is 11.1 Å². The molecule has 5 nitrogen and oxygen atoms in total. The van der Waals surface area contributed by atoms with Crippen molar-refractivity contribution in [3.05, 3.63) is 71.8 Å². The van der Waals surface area contributed by atoms with Gasteiger partial charge in [0.25, 0.3) is 5.91 Å². The first-order valence-electron chi connectivity index (χ1n) is 8.35. The van der Waals surface area contributed by atoms with Crippen LogP contribution in [0.2, 0.25) is 0 Å². The highest BCUT2D eigenvalue weighted by Gasteiger charge is 2.39. The lowest BCUT2D eigenvalue weighted by Crippen LogP contribution is -2.46. The van der Waals surface area contributed by atoms with Crippen molar-refractivity contribution in [3.8, 4) is 0 Å². The number of benzene rings is 2. The monoisotopic (exact) mass is 340 g/mol. The standard InChI is InChI=1S/C20H24N2O3/c1-15(2)22-18(23)13-14-21-19(24)20(25,16-9-5-3-6-10-16)17-11-7-4-8-12-17/h3-12,15,25H,13-14H2,1-2H3,(H,21,24)(H,22,23). The highest BCUT2D eigenvalue weighted by Crippen LogP contribution is 2.29. The molecule has 2 aromatic rings. The van der Waals surface area contributed by atoms with Crippen LogP contribution < -0.4 is 10.6 Å². The molecule has 0 radical (unpaired) electrons. The zero-order valence-corrected chi connectivity index (χ0v) is 14.5. The summed E-state index contributed by atoms with van der Waals surface area (Å²) in [7, 11) is 0. The third-order valence-electron chi connectivity index (χ3n) is 3.80. The average molecular weight is 340 g/mol. The van der Waals surface area contributed by atoms with Gasteiger partial charge < -0.3 is 15.7 Å². The lowest BCUT2D eigenvalue weighted by atomic mass is 9.85. The van der Waals surface area contributed by atoms with Crippen LogP contribution in [0.4, 0.5) is 0 Å². The van der Waals surface area contributed by atoms with Crippen LogP contribution in [-0.2, 0) is 15.2 Å². The number of hydrogen-bond donors (Lipinski definition) is 3. The van der Waals surface area contributed by atoms with Crippen molar-refractivity contribution >= 4 is 11.8 Å². The van der Waals surface area contributed by atoms with E-state index >= 15 is 0 Å². The highest BCUT2D eigenvalue weighted by atomic mass is 16.3. The molecular weight excluding hydrogens is 316 g/mol. The fourth-order valence-electron chi connectivity index (χ4n) is 2.60. The van der Waals surface area contributed by atoms with Crippen molar-refractivity contribution in [2.45, 2.75) is 31.9 Å². The molecule has 0 saturated carbocycles. The summed E-state index contributed by atoms with van der Waals surface area (Å²) >= 11 is 0. The number of carbonyl (C=O) groups excluding carboxylic acids is 2. The van der Waals surface area contributed by atoms with E-state index in [9.17, 15) is 14.7 Å². The van der Waals surface area contributed by atoms with Crippen LogP contribution in [0.5, 0.6) is 0 Å². The second kappa shape index (κ2) is 8.44. The van der Waals surface area contributed by atoms with Gasteiger partial charge >= 0.3 is 0 Å². The fourth-order valence-corrected chi connectivity index (χ4v) is 2.60. The van der Waals surface area contributed by atoms with Gasteiger partial charge in [-0.05, 0) is 25.0 Å². The largest absolute Gasteiger partial charge is 0.372 e. The molecule has 0 aromatic heterocycles. The second-order valence-corrected chi connectivity index (χ2v) is 6.17. The fraction of sp³-hybridized carbons (Fsp3) is 0.300. The number of amides is 2. The number of aliphatic hydroxyl groups is 1. The predicted octanol–water partition coefficient (Wildman–Crippen LogP) is 1.95. The molecule has 0 fully saturated rings. The Labute approximate surface area is 148 Å². The molecule has 0 unspecified atom stereocenters. The van der Waals surface area contributed by atoms with Gasteiger partial charge in [0.15, 0.2) is 5.60 Å². The number of carbonyl (C=O) groups is 2. The third kappa shape index (κ3) is 4.67. The summed E-state index contributed by atoms with van der Waals surface area (Å²) < 4.78 is 0. The average Bonchev–Trinajstić information content (AvgIpc) is 2.61. The predicted molar refractivity (Wildman–Crippen MR) is 96.8 cm³/mol. The topological polar surface area (TPSA) is 78.4 Å². The maximum Gasteiger partial charge on any atom is 0.261 e. The molecular formula is C20H24N2O3. The van der Waals surface area contributed by atoms with Crippen molar-refractivity contribution in [1.82, 2.24) is 10.6 Å². The Kier molecular flexibility index (Phi) is 6.31. The van der Waals surface area contributed by atoms with Gasteiger partial charge in [0.2, 0.25) is 5.91 Å². The zero-order chi connectivity index (χ0) is 18.3. The summed E-state index contributed by atoms with van der Waals surface area (Å²) in [6, 6.07) is 17.6. The van der Waals surface area contributed by atoms with Crippen molar-refractivity contribution in [2.24, 2.45) is 0 Å². The Balaban J connectivity index is 2.16. The maximum atomic E-state index is 12.8. The first-order valence-corrected chi connectivity index (χ1v) is 8.35. The van der Waals surface area contributed by atoms with Crippen LogP contribution in [0, 0.1) is 0 Å². The molecule has 0 bridgehead atoms. The van der Waals surface area contributed by atoms with E-state index in [1.807, 2.05) is 26.0 Å². The minimum atomic E-state index is -1.81. The van der Waals surface area contributed by atoms with Crippen LogP contribution >= 0.6 is 0 Å². The Morgan fingerprint density at radius 2 is 1.44 bits per heavy atom. The van der Waals surface area contributed by atoms with Gasteiger partial charge in [0.1, 0.15) is 0 Å². The normalized spacial score (nSPS) is 11.2. The number of nitrogens with one attached hydrogen (secondary N) is 2. The lowest BCUT2D eigenvalue weighted by molar-refractivity contribution is -0.136. The van der Waals surface area contributed by atoms with E-state index < -0.39 is 11.5 Å². The van der Waals surface area contributed by atoms with Crippen LogP contribution in [0.1, 0.15) is 31.4 Å². The second-order valence-electron chi connectivity index (χ2n) is 6.17. The van der Waals surface area contributed by atoms with E-state index in [1.54, 1.807) is 48.5 Å². The molecule has 132 valence electrons. The summed E-state index contributed by atoms with van der Waals surface area (Å²) in [5.41, 5.74) is -0.854. The molecule has 0 atom stereocenters. The first-order chi connectivity index (χ1) is 11.9. The van der Waals surface area contributed by atoms with Crippen LogP contribution in [0.25, 0.3) is 0 Å². The lowest BCUT2D eigenvalue weighted by Gasteiger charge is -2.28. The van der Waals surface area contributed by atoms with Gasteiger partial charge in [-0.15, -0.1) is 0 Å². The SMILES string of the molecule is CC(C)NC(=O)CCNC(=O)C(O)(c1ccccc1)c1ccccc1. The van der Waals surface area contributed by atoms with Crippen LogP contribution in [0.15, 0.2) is 60.7 Å². The molecule has 2 amide bonds. The third-order valence-corrected chi connectivity index (χ3v) is 3.80. The van der Waals surface area contributed by atoms with Crippen LogP contribution in [0.3, 0.4) is 0 Å². The van der Waals surface area contributed by atoms with Gasteiger partial charge in [0, 0.05) is 19.0 Å². The summed E-state index contributed by atoms with van der Waals surface area (Å²) in [4.78, 5) is 24.5. The van der Waals surface area contributed by atoms with Crippen molar-refractivity contribution < 1.29 is 14.7 Å². The first kappa shape index (κ1) is 18.7. The molecule has 3 N–H and O–H groups in total. The van der Waals surface area contributed by atoms with Gasteiger partial charge in [-0.25, -0.2) is 0 Å². The summed E-state index contributed by atoms with van der Waals surface area (Å²) in [5, 5.41) is 16.7. The molecule has 2 rings (SSSR count). The maximum absolute atomic E-state index is 12.8. The quantitative estimate of drug-likeness (QED) is 0.721. The molecule has 0 saturated heterocycles. The Morgan fingerprint density at radius 1 is 0.960 bits per heavy atom. The summed E-state index contributed by atoms with van der Waals surface area (Å²) in [5.74, 6) is -0.694.